The average molecular weight is 204 g/mol. The van der Waals surface area contributed by atoms with Crippen LogP contribution >= 0.6 is 11.6 Å². The highest BCUT2D eigenvalue weighted by molar-refractivity contribution is 6.31. The molecule has 0 heterocycles. The van der Waals surface area contributed by atoms with E-state index in [1.165, 1.54) is 0 Å². The van der Waals surface area contributed by atoms with E-state index < -0.39 is 11.9 Å². The van der Waals surface area contributed by atoms with E-state index in [1.807, 2.05) is 0 Å². The van der Waals surface area contributed by atoms with E-state index >= 15 is 0 Å². The van der Waals surface area contributed by atoms with Gasteiger partial charge in [-0.05, 0) is 12.5 Å². The minimum atomic E-state index is -0.900. The highest BCUT2D eigenvalue weighted by Crippen LogP contribution is 2.27. The van der Waals surface area contributed by atoms with Crippen LogP contribution in [0.1, 0.15) is 17.2 Å². The lowest BCUT2D eigenvalue weighted by molar-refractivity contribution is 0.186. The second kappa shape index (κ2) is 4.05. The van der Waals surface area contributed by atoms with Gasteiger partial charge in [0, 0.05) is 12.1 Å². The summed E-state index contributed by atoms with van der Waals surface area (Å²) in [7, 11) is 0. The lowest BCUT2D eigenvalue weighted by Crippen LogP contribution is -2.12. The molecule has 0 amide bonds. The van der Waals surface area contributed by atoms with Gasteiger partial charge in [-0.1, -0.05) is 23.7 Å². The van der Waals surface area contributed by atoms with Crippen LogP contribution in [0.25, 0.3) is 0 Å². The van der Waals surface area contributed by atoms with Crippen LogP contribution in [0.4, 0.5) is 4.39 Å². The van der Waals surface area contributed by atoms with Crippen molar-refractivity contribution in [3.63, 3.8) is 0 Å². The first kappa shape index (κ1) is 10.4. The molecule has 0 aliphatic carbocycles. The number of hydrogen-bond acceptors (Lipinski definition) is 2. The molecule has 72 valence electrons. The summed E-state index contributed by atoms with van der Waals surface area (Å²) in [6.07, 6.45) is -0.900. The summed E-state index contributed by atoms with van der Waals surface area (Å²) in [5, 5.41) is 9.31. The summed E-state index contributed by atoms with van der Waals surface area (Å²) in [6, 6.07) is 3.15. The van der Waals surface area contributed by atoms with Gasteiger partial charge in [0.05, 0.1) is 11.1 Å². The van der Waals surface area contributed by atoms with Gasteiger partial charge in [-0.25, -0.2) is 4.39 Å². The number of aryl methyl sites for hydroxylation is 1. The zero-order chi connectivity index (χ0) is 10.0. The molecule has 3 N–H and O–H groups in total. The second-order valence-corrected chi connectivity index (χ2v) is 3.23. The lowest BCUT2D eigenvalue weighted by atomic mass is 10.1. The molecule has 13 heavy (non-hydrogen) atoms. The summed E-state index contributed by atoms with van der Waals surface area (Å²) >= 11 is 5.68. The molecule has 0 aliphatic heterocycles. The molecule has 1 aromatic carbocycles. The first-order valence-corrected chi connectivity index (χ1v) is 4.28. The fourth-order valence-corrected chi connectivity index (χ4v) is 1.38. The lowest BCUT2D eigenvalue weighted by Gasteiger charge is -2.11. The van der Waals surface area contributed by atoms with Gasteiger partial charge >= 0.3 is 0 Å². The van der Waals surface area contributed by atoms with Crippen molar-refractivity contribution in [3.05, 3.63) is 34.1 Å². The largest absolute Gasteiger partial charge is 0.387 e. The van der Waals surface area contributed by atoms with Gasteiger partial charge in [0.15, 0.2) is 0 Å². The van der Waals surface area contributed by atoms with Crippen LogP contribution in [0.5, 0.6) is 0 Å². The summed E-state index contributed by atoms with van der Waals surface area (Å²) in [5.41, 5.74) is 6.03. The van der Waals surface area contributed by atoms with Gasteiger partial charge in [-0.3, -0.25) is 0 Å². The summed E-state index contributed by atoms with van der Waals surface area (Å²) in [6.45, 7) is 1.64. The molecule has 0 radical (unpaired) electrons. The third-order valence-corrected chi connectivity index (χ3v) is 2.27. The molecule has 0 aromatic heterocycles. The normalized spacial score (nSPS) is 13.0. The van der Waals surface area contributed by atoms with Gasteiger partial charge in [0.2, 0.25) is 0 Å². The Balaban J connectivity index is 3.18. The van der Waals surface area contributed by atoms with Crippen molar-refractivity contribution in [2.75, 3.05) is 6.54 Å². The van der Waals surface area contributed by atoms with Crippen molar-refractivity contribution in [1.82, 2.24) is 0 Å². The maximum atomic E-state index is 13.2. The van der Waals surface area contributed by atoms with Crippen LogP contribution in [0.2, 0.25) is 5.02 Å². The molecule has 0 spiro atoms. The number of nitrogens with two attached hydrogens (primary N) is 1. The Bertz CT molecular complexity index is 317. The van der Waals surface area contributed by atoms with Gasteiger partial charge in [-0.15, -0.1) is 0 Å². The van der Waals surface area contributed by atoms with Gasteiger partial charge in [0.25, 0.3) is 0 Å². The summed E-state index contributed by atoms with van der Waals surface area (Å²) in [4.78, 5) is 0. The summed E-state index contributed by atoms with van der Waals surface area (Å²) in [5.74, 6) is -0.494. The Morgan fingerprint density at radius 1 is 1.62 bits per heavy atom. The van der Waals surface area contributed by atoms with E-state index in [2.05, 4.69) is 0 Å². The topological polar surface area (TPSA) is 46.2 Å². The molecule has 4 heteroatoms. The molecule has 0 saturated carbocycles. The first-order chi connectivity index (χ1) is 6.07. The number of aliphatic hydroxyl groups is 1. The van der Waals surface area contributed by atoms with E-state index in [0.717, 1.165) is 0 Å². The molecular weight excluding hydrogens is 193 g/mol. The van der Waals surface area contributed by atoms with Crippen molar-refractivity contribution < 1.29 is 9.50 Å². The molecule has 1 unspecified atom stereocenters. The maximum absolute atomic E-state index is 13.2. The van der Waals surface area contributed by atoms with Crippen molar-refractivity contribution in [2.45, 2.75) is 13.0 Å². The van der Waals surface area contributed by atoms with E-state index in [1.54, 1.807) is 19.1 Å². The molecule has 0 bridgehead atoms. The Kier molecular flexibility index (Phi) is 3.25. The van der Waals surface area contributed by atoms with Gasteiger partial charge < -0.3 is 10.8 Å². The Morgan fingerprint density at radius 2 is 2.23 bits per heavy atom. The highest BCUT2D eigenvalue weighted by Gasteiger charge is 2.14. The van der Waals surface area contributed by atoms with E-state index in [-0.39, 0.29) is 11.6 Å². The third kappa shape index (κ3) is 1.99. The predicted molar refractivity (Wildman–Crippen MR) is 50.2 cm³/mol. The molecule has 1 rings (SSSR count). The minimum absolute atomic E-state index is 0.0300. The fourth-order valence-electron chi connectivity index (χ4n) is 1.05. The molecule has 1 atom stereocenters. The van der Waals surface area contributed by atoms with Gasteiger partial charge in [0.1, 0.15) is 5.82 Å². The number of rotatable bonds is 2. The molecule has 1 aromatic rings. The minimum Gasteiger partial charge on any atom is -0.387 e. The number of halogens is 2. The molecule has 2 nitrogen and oxygen atoms in total. The van der Waals surface area contributed by atoms with Crippen molar-refractivity contribution in [3.8, 4) is 0 Å². The van der Waals surface area contributed by atoms with Crippen LogP contribution in [-0.4, -0.2) is 11.7 Å². The molecule has 0 aliphatic rings. The molecular formula is C9H11ClFNO. The van der Waals surface area contributed by atoms with Crippen molar-refractivity contribution in [2.24, 2.45) is 5.73 Å². The van der Waals surface area contributed by atoms with Crippen LogP contribution in [0.15, 0.2) is 12.1 Å². The number of aliphatic hydroxyl groups excluding tert-OH is 1. The second-order valence-electron chi connectivity index (χ2n) is 2.85. The smallest absolute Gasteiger partial charge is 0.145 e. The molecule has 0 fully saturated rings. The van der Waals surface area contributed by atoms with E-state index in [9.17, 15) is 9.50 Å². The highest BCUT2D eigenvalue weighted by atomic mass is 35.5. The van der Waals surface area contributed by atoms with Crippen LogP contribution in [0.3, 0.4) is 0 Å². The average Bonchev–Trinajstić information content (AvgIpc) is 2.13. The zero-order valence-electron chi connectivity index (χ0n) is 7.22. The van der Waals surface area contributed by atoms with Crippen molar-refractivity contribution >= 4 is 11.6 Å². The van der Waals surface area contributed by atoms with E-state index in [0.29, 0.717) is 11.1 Å². The standard InChI is InChI=1S/C9H11ClFNO/c1-5-2-3-6(7(13)4-12)8(10)9(5)11/h2-3,7,13H,4,12H2,1H3. The predicted octanol–water partition coefficient (Wildman–Crippen LogP) is 1.78. The monoisotopic (exact) mass is 203 g/mol. The number of benzene rings is 1. The fraction of sp³-hybridized carbons (Fsp3) is 0.333. The van der Waals surface area contributed by atoms with Crippen LogP contribution in [-0.2, 0) is 0 Å². The zero-order valence-corrected chi connectivity index (χ0v) is 7.98. The first-order valence-electron chi connectivity index (χ1n) is 3.90. The maximum Gasteiger partial charge on any atom is 0.145 e. The van der Waals surface area contributed by atoms with Gasteiger partial charge in [-0.2, -0.15) is 0 Å². The number of hydrogen-bond donors (Lipinski definition) is 2. The molecule has 0 saturated heterocycles. The van der Waals surface area contributed by atoms with E-state index in [4.69, 9.17) is 17.3 Å². The SMILES string of the molecule is Cc1ccc(C(O)CN)c(Cl)c1F. The van der Waals surface area contributed by atoms with Crippen LogP contribution in [0, 0.1) is 12.7 Å². The van der Waals surface area contributed by atoms with Crippen molar-refractivity contribution in [1.29, 1.82) is 0 Å². The van der Waals surface area contributed by atoms with Crippen LogP contribution < -0.4 is 5.73 Å². The summed E-state index contributed by atoms with van der Waals surface area (Å²) < 4.78 is 13.2. The third-order valence-electron chi connectivity index (χ3n) is 1.89. The quantitative estimate of drug-likeness (QED) is 0.770. The Hall–Kier alpha value is -0.640. The Labute approximate surface area is 81.1 Å². The Morgan fingerprint density at radius 3 is 2.77 bits per heavy atom.